The second kappa shape index (κ2) is 5.68. The number of nitrogens with one attached hydrogen (secondary N) is 1. The van der Waals surface area contributed by atoms with Crippen LogP contribution in [-0.4, -0.2) is 14.8 Å². The summed E-state index contributed by atoms with van der Waals surface area (Å²) in [5.41, 5.74) is 1.48. The van der Waals surface area contributed by atoms with Gasteiger partial charge in [-0.25, -0.2) is 0 Å². The molecule has 0 bridgehead atoms. The van der Waals surface area contributed by atoms with E-state index in [-0.39, 0.29) is 11.4 Å². The van der Waals surface area contributed by atoms with Gasteiger partial charge in [0.25, 0.3) is 11.4 Å². The van der Waals surface area contributed by atoms with Gasteiger partial charge in [0.15, 0.2) is 0 Å². The number of nitro groups is 2. The van der Waals surface area contributed by atoms with Crippen LogP contribution in [0, 0.1) is 20.2 Å². The maximum atomic E-state index is 11.0. The molecule has 1 heterocycles. The van der Waals surface area contributed by atoms with Crippen molar-refractivity contribution in [2.75, 3.05) is 5.32 Å². The molecule has 3 rings (SSSR count). The van der Waals surface area contributed by atoms with Crippen LogP contribution in [-0.2, 0) is 0 Å². The first-order chi connectivity index (χ1) is 11.0. The predicted molar refractivity (Wildman–Crippen MR) is 84.8 cm³/mol. The average molecular weight is 310 g/mol. The van der Waals surface area contributed by atoms with E-state index in [9.17, 15) is 20.2 Å². The maximum Gasteiger partial charge on any atom is 0.273 e. The molecule has 0 saturated heterocycles. The van der Waals surface area contributed by atoms with Crippen LogP contribution in [0.2, 0.25) is 0 Å². The molecule has 8 heteroatoms. The lowest BCUT2D eigenvalue weighted by molar-refractivity contribution is -0.385. The van der Waals surface area contributed by atoms with Crippen molar-refractivity contribution in [3.05, 3.63) is 75.0 Å². The lowest BCUT2D eigenvalue weighted by Gasteiger charge is -2.09. The van der Waals surface area contributed by atoms with E-state index in [1.807, 2.05) is 0 Å². The summed E-state index contributed by atoms with van der Waals surface area (Å²) in [5, 5.41) is 25.5. The molecule has 23 heavy (non-hydrogen) atoms. The molecule has 0 aliphatic heterocycles. The number of nitrogens with zero attached hydrogens (tertiary/aromatic N) is 3. The summed E-state index contributed by atoms with van der Waals surface area (Å²) in [4.78, 5) is 24.9. The molecule has 114 valence electrons. The van der Waals surface area contributed by atoms with E-state index in [2.05, 4.69) is 10.3 Å². The fraction of sp³-hybridized carbons (Fsp3) is 0. The Morgan fingerprint density at radius 3 is 2.26 bits per heavy atom. The molecule has 0 radical (unpaired) electrons. The molecular formula is C15H10N4O4. The summed E-state index contributed by atoms with van der Waals surface area (Å²) < 4.78 is 0. The van der Waals surface area contributed by atoms with E-state index in [1.165, 1.54) is 24.3 Å². The summed E-state index contributed by atoms with van der Waals surface area (Å²) in [6, 6.07) is 12.1. The van der Waals surface area contributed by atoms with Gasteiger partial charge >= 0.3 is 0 Å². The molecule has 8 nitrogen and oxygen atoms in total. The molecule has 0 amide bonds. The van der Waals surface area contributed by atoms with E-state index in [4.69, 9.17) is 0 Å². The van der Waals surface area contributed by atoms with Crippen molar-refractivity contribution in [3.63, 3.8) is 0 Å². The third-order valence-corrected chi connectivity index (χ3v) is 3.27. The fourth-order valence-corrected chi connectivity index (χ4v) is 2.20. The molecule has 0 spiro atoms. The van der Waals surface area contributed by atoms with Crippen molar-refractivity contribution in [2.24, 2.45) is 0 Å². The number of hydrogen-bond acceptors (Lipinski definition) is 6. The molecule has 0 saturated carbocycles. The molecule has 3 aromatic rings. The minimum Gasteiger partial charge on any atom is -0.355 e. The van der Waals surface area contributed by atoms with Crippen molar-refractivity contribution in [3.8, 4) is 0 Å². The van der Waals surface area contributed by atoms with E-state index in [1.54, 1.807) is 30.5 Å². The first kappa shape index (κ1) is 14.4. The summed E-state index contributed by atoms with van der Waals surface area (Å²) in [5.74, 6) is 0. The zero-order valence-corrected chi connectivity index (χ0v) is 11.7. The number of fused-ring (bicyclic) bond motifs is 1. The highest BCUT2D eigenvalue weighted by atomic mass is 16.6. The fourth-order valence-electron chi connectivity index (χ4n) is 2.20. The van der Waals surface area contributed by atoms with Crippen LogP contribution in [0.15, 0.2) is 54.7 Å². The largest absolute Gasteiger partial charge is 0.355 e. The standard InChI is InChI=1S/C15H10N4O4/c20-18(21)11-5-3-10(4-6-11)17-15-9-12(19(22)23)8-14-13(15)2-1-7-16-14/h1-9,17H. The third kappa shape index (κ3) is 2.91. The van der Waals surface area contributed by atoms with Gasteiger partial charge in [-0.1, -0.05) is 0 Å². The number of benzene rings is 2. The highest BCUT2D eigenvalue weighted by Crippen LogP contribution is 2.30. The second-order valence-corrected chi connectivity index (χ2v) is 4.75. The first-order valence-electron chi connectivity index (χ1n) is 6.59. The van der Waals surface area contributed by atoms with Gasteiger partial charge in [0.05, 0.1) is 21.1 Å². The number of anilines is 2. The van der Waals surface area contributed by atoms with Gasteiger partial charge in [-0.15, -0.1) is 0 Å². The molecule has 0 unspecified atom stereocenters. The SMILES string of the molecule is O=[N+]([O-])c1ccc(Nc2cc([N+](=O)[O-])cc3ncccc23)cc1. The van der Waals surface area contributed by atoms with Gasteiger partial charge in [0.2, 0.25) is 0 Å². The van der Waals surface area contributed by atoms with Gasteiger partial charge in [-0.3, -0.25) is 25.2 Å². The van der Waals surface area contributed by atoms with E-state index >= 15 is 0 Å². The van der Waals surface area contributed by atoms with Gasteiger partial charge in [0, 0.05) is 41.5 Å². The Kier molecular flexibility index (Phi) is 3.55. The molecule has 1 N–H and O–H groups in total. The topological polar surface area (TPSA) is 111 Å². The van der Waals surface area contributed by atoms with E-state index in [0.29, 0.717) is 16.9 Å². The number of hydrogen-bond donors (Lipinski definition) is 1. The van der Waals surface area contributed by atoms with Crippen LogP contribution in [0.25, 0.3) is 10.9 Å². The number of nitro benzene ring substituents is 2. The Hall–Kier alpha value is -3.55. The highest BCUT2D eigenvalue weighted by molar-refractivity contribution is 5.95. The summed E-state index contributed by atoms with van der Waals surface area (Å²) in [7, 11) is 0. The zero-order chi connectivity index (χ0) is 16.4. The summed E-state index contributed by atoms with van der Waals surface area (Å²) in [6.07, 6.45) is 1.56. The number of non-ortho nitro benzene ring substituents is 2. The average Bonchev–Trinajstić information content (AvgIpc) is 2.55. The molecule has 0 aliphatic carbocycles. The molecule has 0 aliphatic rings. The molecule has 0 atom stereocenters. The van der Waals surface area contributed by atoms with E-state index in [0.717, 1.165) is 5.39 Å². The van der Waals surface area contributed by atoms with Crippen LogP contribution in [0.3, 0.4) is 0 Å². The molecule has 0 fully saturated rings. The lowest BCUT2D eigenvalue weighted by Crippen LogP contribution is -1.96. The van der Waals surface area contributed by atoms with Crippen molar-refractivity contribution in [1.82, 2.24) is 4.98 Å². The van der Waals surface area contributed by atoms with Crippen LogP contribution in [0.4, 0.5) is 22.7 Å². The minimum atomic E-state index is -0.491. The summed E-state index contributed by atoms with van der Waals surface area (Å²) >= 11 is 0. The normalized spacial score (nSPS) is 10.4. The van der Waals surface area contributed by atoms with Crippen LogP contribution in [0.5, 0.6) is 0 Å². The van der Waals surface area contributed by atoms with Crippen LogP contribution < -0.4 is 5.32 Å². The number of pyridine rings is 1. The highest BCUT2D eigenvalue weighted by Gasteiger charge is 2.13. The second-order valence-electron chi connectivity index (χ2n) is 4.75. The van der Waals surface area contributed by atoms with Gasteiger partial charge in [0.1, 0.15) is 0 Å². The Morgan fingerprint density at radius 2 is 1.61 bits per heavy atom. The molecule has 2 aromatic carbocycles. The quantitative estimate of drug-likeness (QED) is 0.579. The number of aromatic nitrogens is 1. The smallest absolute Gasteiger partial charge is 0.273 e. The van der Waals surface area contributed by atoms with Gasteiger partial charge in [-0.05, 0) is 24.3 Å². The van der Waals surface area contributed by atoms with Crippen LogP contribution >= 0.6 is 0 Å². The Bertz CT molecular complexity index is 909. The van der Waals surface area contributed by atoms with Gasteiger partial charge in [-0.2, -0.15) is 0 Å². The Balaban J connectivity index is 2.04. The predicted octanol–water partition coefficient (Wildman–Crippen LogP) is 3.79. The molecule has 1 aromatic heterocycles. The van der Waals surface area contributed by atoms with Crippen LogP contribution in [0.1, 0.15) is 0 Å². The van der Waals surface area contributed by atoms with Crippen molar-refractivity contribution in [1.29, 1.82) is 0 Å². The Labute approximate surface area is 129 Å². The first-order valence-corrected chi connectivity index (χ1v) is 6.59. The van der Waals surface area contributed by atoms with Gasteiger partial charge < -0.3 is 5.32 Å². The third-order valence-electron chi connectivity index (χ3n) is 3.27. The van der Waals surface area contributed by atoms with Crippen molar-refractivity contribution in [2.45, 2.75) is 0 Å². The Morgan fingerprint density at radius 1 is 0.913 bits per heavy atom. The van der Waals surface area contributed by atoms with Crippen molar-refractivity contribution >= 4 is 33.7 Å². The lowest BCUT2D eigenvalue weighted by atomic mass is 10.1. The number of rotatable bonds is 4. The maximum absolute atomic E-state index is 11.0. The monoisotopic (exact) mass is 310 g/mol. The van der Waals surface area contributed by atoms with E-state index < -0.39 is 9.85 Å². The zero-order valence-electron chi connectivity index (χ0n) is 11.7. The van der Waals surface area contributed by atoms with Crippen molar-refractivity contribution < 1.29 is 9.85 Å². The minimum absolute atomic E-state index is 0.0267. The summed E-state index contributed by atoms with van der Waals surface area (Å²) in [6.45, 7) is 0. The molecular weight excluding hydrogens is 300 g/mol.